The van der Waals surface area contributed by atoms with Crippen LogP contribution in [0, 0.1) is 0 Å². The summed E-state index contributed by atoms with van der Waals surface area (Å²) in [5.41, 5.74) is 0. The summed E-state index contributed by atoms with van der Waals surface area (Å²) in [5, 5.41) is 7.00. The Hall–Kier alpha value is -0.770. The Morgan fingerprint density at radius 2 is 1.90 bits per heavy atom. The highest BCUT2D eigenvalue weighted by atomic mass is 15.2. The van der Waals surface area contributed by atoms with E-state index >= 15 is 0 Å². The molecule has 1 heterocycles. The van der Waals surface area contributed by atoms with Gasteiger partial charge in [-0.25, -0.2) is 0 Å². The Bertz CT molecular complexity index is 268. The van der Waals surface area contributed by atoms with Gasteiger partial charge in [0.25, 0.3) is 0 Å². The zero-order chi connectivity index (χ0) is 14.8. The Balaban J connectivity index is 2.18. The lowest BCUT2D eigenvalue weighted by Gasteiger charge is -2.35. The van der Waals surface area contributed by atoms with Gasteiger partial charge in [-0.3, -0.25) is 4.99 Å². The second-order valence-electron chi connectivity index (χ2n) is 6.11. The van der Waals surface area contributed by atoms with Gasteiger partial charge in [-0.2, -0.15) is 0 Å². The van der Waals surface area contributed by atoms with Crippen LogP contribution in [0.3, 0.4) is 0 Å². The van der Waals surface area contributed by atoms with Crippen molar-refractivity contribution < 1.29 is 0 Å². The number of rotatable bonds is 7. The quantitative estimate of drug-likeness (QED) is 0.428. The van der Waals surface area contributed by atoms with Gasteiger partial charge in [-0.1, -0.05) is 26.2 Å². The first-order valence-electron chi connectivity index (χ1n) is 8.38. The van der Waals surface area contributed by atoms with E-state index in [-0.39, 0.29) is 0 Å². The molecule has 0 bridgehead atoms. The topological polar surface area (TPSA) is 39.7 Å². The summed E-state index contributed by atoms with van der Waals surface area (Å²) in [7, 11) is 1.87. The number of hydrogen-bond donors (Lipinski definition) is 2. The molecule has 1 aliphatic rings. The molecule has 0 aromatic heterocycles. The van der Waals surface area contributed by atoms with Crippen LogP contribution in [0.4, 0.5) is 0 Å². The molecule has 0 saturated carbocycles. The predicted octanol–water partition coefficient (Wildman–Crippen LogP) is 2.60. The molecule has 4 nitrogen and oxygen atoms in total. The second kappa shape index (κ2) is 10.0. The van der Waals surface area contributed by atoms with Gasteiger partial charge < -0.3 is 15.5 Å². The highest BCUT2D eigenvalue weighted by Crippen LogP contribution is 2.12. The summed E-state index contributed by atoms with van der Waals surface area (Å²) in [6.07, 6.45) is 7.61. The van der Waals surface area contributed by atoms with E-state index in [9.17, 15) is 0 Å². The molecule has 20 heavy (non-hydrogen) atoms. The molecule has 2 N–H and O–H groups in total. The molecule has 0 unspecified atom stereocenters. The Morgan fingerprint density at radius 1 is 1.20 bits per heavy atom. The third kappa shape index (κ3) is 6.60. The van der Waals surface area contributed by atoms with Crippen molar-refractivity contribution in [3.63, 3.8) is 0 Å². The van der Waals surface area contributed by atoms with Crippen molar-refractivity contribution in [2.75, 3.05) is 26.7 Å². The number of nitrogens with one attached hydrogen (secondary N) is 2. The molecule has 0 atom stereocenters. The number of guanidine groups is 1. The van der Waals surface area contributed by atoms with Crippen LogP contribution in [0.5, 0.6) is 0 Å². The summed E-state index contributed by atoms with van der Waals surface area (Å²) in [4.78, 5) is 6.89. The van der Waals surface area contributed by atoms with Crippen LogP contribution in [0.15, 0.2) is 4.99 Å². The summed E-state index contributed by atoms with van der Waals surface area (Å²) < 4.78 is 0. The smallest absolute Gasteiger partial charge is 0.191 e. The van der Waals surface area contributed by atoms with Crippen molar-refractivity contribution in [3.8, 4) is 0 Å². The fraction of sp³-hybridized carbons (Fsp3) is 0.938. The number of likely N-dealkylation sites (tertiary alicyclic amines) is 1. The van der Waals surface area contributed by atoms with Crippen molar-refractivity contribution in [2.45, 2.75) is 71.4 Å². The summed E-state index contributed by atoms with van der Waals surface area (Å²) in [5.74, 6) is 0.976. The fourth-order valence-corrected chi connectivity index (χ4v) is 2.71. The average Bonchev–Trinajstić information content (AvgIpc) is 2.46. The molecule has 1 rings (SSSR count). The maximum absolute atomic E-state index is 4.33. The van der Waals surface area contributed by atoms with Crippen LogP contribution in [-0.2, 0) is 0 Å². The van der Waals surface area contributed by atoms with Gasteiger partial charge in [-0.15, -0.1) is 0 Å². The fourth-order valence-electron chi connectivity index (χ4n) is 2.71. The minimum absolute atomic E-state index is 0.576. The normalized spacial score (nSPS) is 18.6. The molecule has 0 aromatic carbocycles. The SMILES string of the molecule is CCCCCCNC(=NC)NC1CCN(C(C)C)CC1. The van der Waals surface area contributed by atoms with Crippen molar-refractivity contribution in [2.24, 2.45) is 4.99 Å². The van der Waals surface area contributed by atoms with Crippen LogP contribution in [0.25, 0.3) is 0 Å². The van der Waals surface area contributed by atoms with E-state index in [1.807, 2.05) is 7.05 Å². The van der Waals surface area contributed by atoms with E-state index in [0.29, 0.717) is 12.1 Å². The predicted molar refractivity (Wildman–Crippen MR) is 88.4 cm³/mol. The van der Waals surface area contributed by atoms with E-state index < -0.39 is 0 Å². The summed E-state index contributed by atoms with van der Waals surface area (Å²) in [6, 6.07) is 1.25. The Morgan fingerprint density at radius 3 is 2.45 bits per heavy atom. The van der Waals surface area contributed by atoms with Crippen LogP contribution in [0.1, 0.15) is 59.3 Å². The molecule has 1 aliphatic heterocycles. The van der Waals surface area contributed by atoms with Crippen molar-refractivity contribution in [3.05, 3.63) is 0 Å². The van der Waals surface area contributed by atoms with Crippen molar-refractivity contribution in [1.29, 1.82) is 0 Å². The second-order valence-corrected chi connectivity index (χ2v) is 6.11. The number of hydrogen-bond acceptors (Lipinski definition) is 2. The lowest BCUT2D eigenvalue weighted by atomic mass is 10.0. The molecule has 0 radical (unpaired) electrons. The largest absolute Gasteiger partial charge is 0.356 e. The maximum Gasteiger partial charge on any atom is 0.191 e. The highest BCUT2D eigenvalue weighted by molar-refractivity contribution is 5.79. The number of unbranched alkanes of at least 4 members (excludes halogenated alkanes) is 3. The number of piperidine rings is 1. The van der Waals surface area contributed by atoms with Gasteiger partial charge in [0.2, 0.25) is 0 Å². The molecular weight excluding hydrogens is 248 g/mol. The Kier molecular flexibility index (Phi) is 8.67. The van der Waals surface area contributed by atoms with Gasteiger partial charge in [0.1, 0.15) is 0 Å². The first kappa shape index (κ1) is 17.3. The molecule has 0 aliphatic carbocycles. The zero-order valence-corrected chi connectivity index (χ0v) is 13.9. The van der Waals surface area contributed by atoms with Gasteiger partial charge in [-0.05, 0) is 33.1 Å². The minimum atomic E-state index is 0.576. The van der Waals surface area contributed by atoms with Crippen LogP contribution < -0.4 is 10.6 Å². The monoisotopic (exact) mass is 282 g/mol. The average molecular weight is 282 g/mol. The van der Waals surface area contributed by atoms with Gasteiger partial charge in [0.15, 0.2) is 5.96 Å². The first-order chi connectivity index (χ1) is 9.67. The van der Waals surface area contributed by atoms with Gasteiger partial charge in [0.05, 0.1) is 0 Å². The molecule has 0 spiro atoms. The standard InChI is InChI=1S/C16H34N4/c1-5-6-7-8-11-18-16(17-4)19-15-9-12-20(13-10-15)14(2)3/h14-15H,5-13H2,1-4H3,(H2,17,18,19). The van der Waals surface area contributed by atoms with E-state index in [1.54, 1.807) is 0 Å². The lowest BCUT2D eigenvalue weighted by molar-refractivity contribution is 0.167. The van der Waals surface area contributed by atoms with Crippen LogP contribution in [-0.4, -0.2) is 49.6 Å². The van der Waals surface area contributed by atoms with Crippen molar-refractivity contribution in [1.82, 2.24) is 15.5 Å². The third-order valence-electron chi connectivity index (χ3n) is 4.15. The molecule has 1 saturated heterocycles. The molecule has 1 fully saturated rings. The third-order valence-corrected chi connectivity index (χ3v) is 4.15. The minimum Gasteiger partial charge on any atom is -0.356 e. The zero-order valence-electron chi connectivity index (χ0n) is 13.9. The maximum atomic E-state index is 4.33. The van der Waals surface area contributed by atoms with Gasteiger partial charge >= 0.3 is 0 Å². The molecule has 0 amide bonds. The van der Waals surface area contributed by atoms with Gasteiger partial charge in [0, 0.05) is 38.8 Å². The Labute approximate surface area is 125 Å². The van der Waals surface area contributed by atoms with E-state index in [0.717, 1.165) is 12.5 Å². The molecule has 4 heteroatoms. The number of nitrogens with zero attached hydrogens (tertiary/aromatic N) is 2. The lowest BCUT2D eigenvalue weighted by Crippen LogP contribution is -2.49. The van der Waals surface area contributed by atoms with E-state index in [4.69, 9.17) is 0 Å². The van der Waals surface area contributed by atoms with E-state index in [2.05, 4.69) is 41.3 Å². The molecule has 0 aromatic rings. The first-order valence-corrected chi connectivity index (χ1v) is 8.38. The summed E-state index contributed by atoms with van der Waals surface area (Å²) >= 11 is 0. The molecule has 118 valence electrons. The summed E-state index contributed by atoms with van der Waals surface area (Å²) in [6.45, 7) is 10.2. The number of aliphatic imine (C=N–C) groups is 1. The van der Waals surface area contributed by atoms with Crippen molar-refractivity contribution >= 4 is 5.96 Å². The highest BCUT2D eigenvalue weighted by Gasteiger charge is 2.21. The molecular formula is C16H34N4. The van der Waals surface area contributed by atoms with Crippen LogP contribution in [0.2, 0.25) is 0 Å². The van der Waals surface area contributed by atoms with E-state index in [1.165, 1.54) is 51.6 Å². The van der Waals surface area contributed by atoms with Crippen LogP contribution >= 0.6 is 0 Å².